The number of aliphatic hydroxyl groups is 1. The molecular weight excluding hydrogens is 628 g/mol. The van der Waals surface area contributed by atoms with Gasteiger partial charge in [0.2, 0.25) is 10.0 Å². The number of aryl methyl sites for hydroxylation is 1. The molecule has 2 heterocycles. The lowest BCUT2D eigenvalue weighted by molar-refractivity contribution is -0.149. The van der Waals surface area contributed by atoms with Crippen molar-refractivity contribution in [2.24, 2.45) is 17.8 Å². The van der Waals surface area contributed by atoms with Crippen molar-refractivity contribution in [1.82, 2.24) is 4.72 Å². The number of benzene rings is 2. The van der Waals surface area contributed by atoms with Gasteiger partial charge in [0, 0.05) is 29.1 Å². The van der Waals surface area contributed by atoms with Gasteiger partial charge in [0.05, 0.1) is 36.7 Å². The molecule has 4 aliphatic rings. The van der Waals surface area contributed by atoms with Crippen LogP contribution in [0.3, 0.4) is 0 Å². The van der Waals surface area contributed by atoms with Gasteiger partial charge < -0.3 is 19.5 Å². The van der Waals surface area contributed by atoms with Crippen molar-refractivity contribution in [3.8, 4) is 5.75 Å². The van der Waals surface area contributed by atoms with Crippen molar-refractivity contribution in [3.05, 3.63) is 70.3 Å². The van der Waals surface area contributed by atoms with Gasteiger partial charge >= 0.3 is 5.97 Å². The number of carbonyl (C=O) groups is 2. The Labute approximate surface area is 276 Å². The van der Waals surface area contributed by atoms with Crippen LogP contribution >= 0.6 is 11.6 Å². The fraction of sp³-hybridized carbons (Fsp3) is 0.543. The van der Waals surface area contributed by atoms with Crippen molar-refractivity contribution in [2.45, 2.75) is 75.1 Å². The highest BCUT2D eigenvalue weighted by molar-refractivity contribution is 7.90. The van der Waals surface area contributed by atoms with Crippen molar-refractivity contribution in [1.29, 1.82) is 0 Å². The molecule has 2 aliphatic carbocycles. The second kappa shape index (κ2) is 12.5. The quantitative estimate of drug-likeness (QED) is 0.331. The summed E-state index contributed by atoms with van der Waals surface area (Å²) in [5.41, 5.74) is 1.52. The largest absolute Gasteiger partial charge is 0.490 e. The summed E-state index contributed by atoms with van der Waals surface area (Å²) >= 11 is 6.40. The lowest BCUT2D eigenvalue weighted by Crippen LogP contribution is -2.53. The molecule has 2 aromatic rings. The van der Waals surface area contributed by atoms with Crippen LogP contribution in [0, 0.1) is 17.8 Å². The van der Waals surface area contributed by atoms with E-state index in [1.807, 2.05) is 12.1 Å². The Kier molecular flexibility index (Phi) is 8.93. The Bertz CT molecular complexity index is 1660. The summed E-state index contributed by atoms with van der Waals surface area (Å²) in [5.74, 6) is -1.13. The average molecular weight is 671 g/mol. The summed E-state index contributed by atoms with van der Waals surface area (Å²) in [4.78, 5) is 28.2. The Hall–Kier alpha value is -3.08. The number of nitrogens with one attached hydrogen (secondary N) is 1. The van der Waals surface area contributed by atoms with Crippen LogP contribution in [0.5, 0.6) is 5.75 Å². The second-order valence-electron chi connectivity index (χ2n) is 13.8. The maximum absolute atomic E-state index is 13.4. The van der Waals surface area contributed by atoms with Crippen molar-refractivity contribution >= 4 is 39.2 Å². The number of hydrogen-bond donors (Lipinski definition) is 2. The van der Waals surface area contributed by atoms with E-state index in [4.69, 9.17) is 21.1 Å². The molecule has 46 heavy (non-hydrogen) atoms. The molecule has 9 nitrogen and oxygen atoms in total. The first-order valence-electron chi connectivity index (χ1n) is 16.2. The van der Waals surface area contributed by atoms with Crippen LogP contribution in [-0.4, -0.2) is 63.1 Å². The number of rotatable bonds is 2. The topological polar surface area (TPSA) is 122 Å². The maximum atomic E-state index is 13.4. The lowest BCUT2D eigenvalue weighted by atomic mass is 9.63. The minimum Gasteiger partial charge on any atom is -0.490 e. The van der Waals surface area contributed by atoms with Crippen molar-refractivity contribution < 1.29 is 32.6 Å². The third-order valence-corrected chi connectivity index (χ3v) is 13.1. The van der Waals surface area contributed by atoms with Gasteiger partial charge in [-0.25, -0.2) is 13.1 Å². The lowest BCUT2D eigenvalue weighted by Gasteiger charge is -2.49. The summed E-state index contributed by atoms with van der Waals surface area (Å²) in [6.07, 6.45) is 7.97. The highest BCUT2D eigenvalue weighted by atomic mass is 35.5. The number of carbonyl (C=O) groups excluding carboxylic acids is 2. The number of amides is 1. The number of esters is 1. The third kappa shape index (κ3) is 6.16. The number of allylic oxidation sites excluding steroid dienone is 1. The SMILES string of the molecule is COC(=O)C[C@]1(O)/C=C\C[C@H](C)[C@@H](C)S(=O)(=O)NC(=O)c2ccc3c(c2)N(C[C@@H]2CC[C@H]21)C[C@@]1(CCCc2cc(Cl)ccc21)CO3. The van der Waals surface area contributed by atoms with E-state index in [9.17, 15) is 23.1 Å². The molecule has 2 bridgehead atoms. The molecule has 6 atom stereocenters. The molecule has 0 aromatic heterocycles. The van der Waals surface area contributed by atoms with E-state index >= 15 is 0 Å². The molecule has 1 fully saturated rings. The van der Waals surface area contributed by atoms with Crippen LogP contribution in [0.25, 0.3) is 0 Å². The molecule has 1 spiro atoms. The van der Waals surface area contributed by atoms with E-state index in [1.165, 1.54) is 18.2 Å². The van der Waals surface area contributed by atoms with E-state index in [2.05, 4.69) is 15.7 Å². The van der Waals surface area contributed by atoms with Gasteiger partial charge in [0.15, 0.2) is 0 Å². The monoisotopic (exact) mass is 670 g/mol. The first-order chi connectivity index (χ1) is 21.8. The highest BCUT2D eigenvalue weighted by Crippen LogP contribution is 2.49. The number of halogens is 1. The van der Waals surface area contributed by atoms with Gasteiger partial charge in [0.25, 0.3) is 5.91 Å². The maximum Gasteiger partial charge on any atom is 0.308 e. The molecule has 0 radical (unpaired) electrons. The average Bonchev–Trinajstić information content (AvgIpc) is 3.14. The molecule has 0 saturated heterocycles. The van der Waals surface area contributed by atoms with Crippen LogP contribution in [0.1, 0.15) is 73.9 Å². The van der Waals surface area contributed by atoms with Gasteiger partial charge in [-0.2, -0.15) is 0 Å². The zero-order chi connectivity index (χ0) is 32.9. The van der Waals surface area contributed by atoms with Crippen LogP contribution in [-0.2, 0) is 31.4 Å². The van der Waals surface area contributed by atoms with Gasteiger partial charge in [-0.05, 0) is 105 Å². The number of hydrogen-bond acceptors (Lipinski definition) is 8. The number of nitrogens with zero attached hydrogens (tertiary/aromatic N) is 1. The fourth-order valence-electron chi connectivity index (χ4n) is 7.87. The highest BCUT2D eigenvalue weighted by Gasteiger charge is 2.49. The molecule has 6 rings (SSSR count). The Morgan fingerprint density at radius 3 is 2.74 bits per heavy atom. The summed E-state index contributed by atoms with van der Waals surface area (Å²) in [5, 5.41) is 11.9. The molecular formula is C35H43ClN2O7S. The van der Waals surface area contributed by atoms with Gasteiger partial charge in [0.1, 0.15) is 5.75 Å². The molecule has 0 unspecified atom stereocenters. The number of sulfonamides is 1. The Morgan fingerprint density at radius 2 is 2.00 bits per heavy atom. The summed E-state index contributed by atoms with van der Waals surface area (Å²) in [6, 6.07) is 11.1. The molecule has 1 amide bonds. The first-order valence-corrected chi connectivity index (χ1v) is 18.1. The van der Waals surface area contributed by atoms with E-state index in [0.717, 1.165) is 32.1 Å². The molecule has 2 N–H and O–H groups in total. The summed E-state index contributed by atoms with van der Waals surface area (Å²) in [6.45, 7) is 4.95. The minimum atomic E-state index is -4.02. The molecule has 2 aromatic carbocycles. The molecule has 248 valence electrons. The fourth-order valence-corrected chi connectivity index (χ4v) is 9.35. The number of methoxy groups -OCH3 is 1. The van der Waals surface area contributed by atoms with Crippen LogP contribution < -0.4 is 14.4 Å². The second-order valence-corrected chi connectivity index (χ2v) is 16.2. The zero-order valence-electron chi connectivity index (χ0n) is 26.6. The van der Waals surface area contributed by atoms with Gasteiger partial charge in [-0.3, -0.25) is 9.59 Å². The molecule has 1 saturated carbocycles. The summed E-state index contributed by atoms with van der Waals surface area (Å²) in [7, 11) is -2.71. The normalized spacial score (nSPS) is 32.9. The van der Waals surface area contributed by atoms with Gasteiger partial charge in [-0.1, -0.05) is 36.7 Å². The van der Waals surface area contributed by atoms with Crippen LogP contribution in [0.2, 0.25) is 5.02 Å². The first kappa shape index (κ1) is 32.8. The van der Waals surface area contributed by atoms with Crippen molar-refractivity contribution in [3.63, 3.8) is 0 Å². The smallest absolute Gasteiger partial charge is 0.308 e. The summed E-state index contributed by atoms with van der Waals surface area (Å²) < 4.78 is 40.4. The van der Waals surface area contributed by atoms with Crippen LogP contribution in [0.4, 0.5) is 5.69 Å². The Balaban J connectivity index is 1.45. The number of anilines is 1. The zero-order valence-corrected chi connectivity index (χ0v) is 28.2. The van der Waals surface area contributed by atoms with E-state index in [1.54, 1.807) is 44.2 Å². The van der Waals surface area contributed by atoms with E-state index < -0.39 is 32.8 Å². The van der Waals surface area contributed by atoms with E-state index in [0.29, 0.717) is 42.6 Å². The molecule has 2 aliphatic heterocycles. The third-order valence-electron chi connectivity index (χ3n) is 10.9. The predicted octanol–water partition coefficient (Wildman–Crippen LogP) is 5.18. The minimum absolute atomic E-state index is 0.0395. The van der Waals surface area contributed by atoms with Crippen molar-refractivity contribution in [2.75, 3.05) is 31.7 Å². The van der Waals surface area contributed by atoms with Gasteiger partial charge in [-0.15, -0.1) is 0 Å². The van der Waals surface area contributed by atoms with Crippen LogP contribution in [0.15, 0.2) is 48.6 Å². The molecule has 11 heteroatoms. The predicted molar refractivity (Wildman–Crippen MR) is 177 cm³/mol. The van der Waals surface area contributed by atoms with E-state index in [-0.39, 0.29) is 35.2 Å². The number of fused-ring (bicyclic) bond motifs is 4. The number of ether oxygens (including phenoxy) is 2. The standard InChI is InChI=1S/C35H43ClN2O7S/c1-22-6-4-15-35(41,18-32(39)44-3)29-11-8-26(29)19-38-20-34(14-5-7-24-16-27(36)10-12-28(24)34)21-45-31-13-9-25(17-30(31)38)33(40)37-46(42,43)23(22)2/h4,9-10,12-13,15-17,22-23,26,29,41H,5-8,11,14,18-21H2,1-3H3,(H,37,40)/b15-4-/t22-,23+,26-,29+,34-,35+/m0/s1. The Morgan fingerprint density at radius 1 is 1.20 bits per heavy atom.